The molecule has 0 aliphatic heterocycles. The van der Waals surface area contributed by atoms with Crippen molar-refractivity contribution in [2.24, 2.45) is 0 Å². The Kier molecular flexibility index (Phi) is 4.93. The summed E-state index contributed by atoms with van der Waals surface area (Å²) >= 11 is 0. The van der Waals surface area contributed by atoms with Crippen molar-refractivity contribution in [3.05, 3.63) is 47.7 Å². The Morgan fingerprint density at radius 3 is 2.45 bits per heavy atom. The van der Waals surface area contributed by atoms with E-state index in [-0.39, 0.29) is 24.4 Å². The summed E-state index contributed by atoms with van der Waals surface area (Å²) in [6.45, 7) is 5.65. The lowest BCUT2D eigenvalue weighted by Gasteiger charge is -2.26. The van der Waals surface area contributed by atoms with Crippen molar-refractivity contribution in [3.8, 4) is 0 Å². The van der Waals surface area contributed by atoms with Crippen LogP contribution in [0.15, 0.2) is 41.1 Å². The van der Waals surface area contributed by atoms with Crippen LogP contribution in [0.2, 0.25) is 0 Å². The van der Waals surface area contributed by atoms with Crippen LogP contribution < -0.4 is 5.32 Å². The third kappa shape index (κ3) is 3.94. The van der Waals surface area contributed by atoms with E-state index in [9.17, 15) is 9.59 Å². The minimum atomic E-state index is -0.317. The molecule has 2 rings (SSSR count). The Hall–Kier alpha value is -2.63. The van der Waals surface area contributed by atoms with Gasteiger partial charge in [-0.2, -0.15) is 0 Å². The molecule has 0 saturated carbocycles. The van der Waals surface area contributed by atoms with Crippen molar-refractivity contribution in [1.29, 1.82) is 0 Å². The first kappa shape index (κ1) is 15.8. The highest BCUT2D eigenvalue weighted by Gasteiger charge is 2.21. The monoisotopic (exact) mass is 301 g/mol. The Morgan fingerprint density at radius 1 is 1.23 bits per heavy atom. The summed E-state index contributed by atoms with van der Waals surface area (Å²) in [5.41, 5.74) is 1.64. The lowest BCUT2D eigenvalue weighted by Crippen LogP contribution is -2.42. The maximum atomic E-state index is 12.5. The molecule has 116 valence electrons. The molecule has 6 heteroatoms. The highest BCUT2D eigenvalue weighted by atomic mass is 16.5. The summed E-state index contributed by atoms with van der Waals surface area (Å²) in [5, 5.41) is 6.20. The smallest absolute Gasteiger partial charge is 0.254 e. The van der Waals surface area contributed by atoms with Crippen LogP contribution >= 0.6 is 0 Å². The number of carbonyl (C=O) groups is 2. The molecule has 1 heterocycles. The largest absolute Gasteiger partial charge is 0.363 e. The molecule has 0 fully saturated rings. The Bertz CT molecular complexity index is 633. The quantitative estimate of drug-likeness (QED) is 0.920. The molecule has 0 saturated heterocycles. The zero-order chi connectivity index (χ0) is 16.1. The molecule has 0 bridgehead atoms. The first-order valence-corrected chi connectivity index (χ1v) is 7.05. The van der Waals surface area contributed by atoms with Gasteiger partial charge >= 0.3 is 0 Å². The first-order chi connectivity index (χ1) is 10.5. The van der Waals surface area contributed by atoms with E-state index in [1.807, 2.05) is 32.9 Å². The molecule has 22 heavy (non-hydrogen) atoms. The number of amides is 2. The van der Waals surface area contributed by atoms with Crippen LogP contribution in [0.3, 0.4) is 0 Å². The van der Waals surface area contributed by atoms with Crippen LogP contribution in [0.4, 0.5) is 5.82 Å². The molecule has 0 atom stereocenters. The molecule has 2 amide bonds. The van der Waals surface area contributed by atoms with Gasteiger partial charge in [0.15, 0.2) is 5.82 Å². The van der Waals surface area contributed by atoms with Crippen molar-refractivity contribution in [1.82, 2.24) is 10.1 Å². The van der Waals surface area contributed by atoms with Gasteiger partial charge in [-0.1, -0.05) is 22.9 Å². The summed E-state index contributed by atoms with van der Waals surface area (Å²) < 4.78 is 4.65. The molecular weight excluding hydrogens is 282 g/mol. The number of carbonyl (C=O) groups excluding carboxylic acids is 2. The van der Waals surface area contributed by atoms with E-state index >= 15 is 0 Å². The minimum absolute atomic E-state index is 0.0444. The van der Waals surface area contributed by atoms with Crippen LogP contribution in [0, 0.1) is 6.92 Å². The summed E-state index contributed by atoms with van der Waals surface area (Å²) in [6, 6.07) is 8.73. The topological polar surface area (TPSA) is 75.4 Å². The van der Waals surface area contributed by atoms with Crippen LogP contribution in [0.25, 0.3) is 0 Å². The van der Waals surface area contributed by atoms with E-state index in [0.29, 0.717) is 11.4 Å². The maximum Gasteiger partial charge on any atom is 0.254 e. The number of nitrogens with zero attached hydrogens (tertiary/aromatic N) is 2. The summed E-state index contributed by atoms with van der Waals surface area (Å²) in [7, 11) is 0. The number of nitrogens with one attached hydrogen (secondary N) is 1. The average Bonchev–Trinajstić information content (AvgIpc) is 2.97. The highest BCUT2D eigenvalue weighted by Crippen LogP contribution is 2.10. The molecule has 2 aromatic rings. The van der Waals surface area contributed by atoms with Crippen molar-refractivity contribution in [2.75, 3.05) is 11.9 Å². The van der Waals surface area contributed by atoms with Gasteiger partial charge in [0.05, 0.1) is 0 Å². The van der Waals surface area contributed by atoms with Crippen molar-refractivity contribution < 1.29 is 14.1 Å². The first-order valence-electron chi connectivity index (χ1n) is 7.05. The second-order valence-electron chi connectivity index (χ2n) is 5.33. The number of aryl methyl sites for hydroxylation is 1. The standard InChI is InChI=1S/C16H19N3O3/c1-11(2)19(10-15(20)17-14-8-9-22-18-14)16(21)13-6-4-12(3)5-7-13/h4-9,11H,10H2,1-3H3,(H,17,18,20). The molecular formula is C16H19N3O3. The number of benzene rings is 1. The zero-order valence-electron chi connectivity index (χ0n) is 12.9. The van der Waals surface area contributed by atoms with E-state index in [0.717, 1.165) is 5.56 Å². The average molecular weight is 301 g/mol. The third-order valence-electron chi connectivity index (χ3n) is 3.20. The van der Waals surface area contributed by atoms with E-state index in [4.69, 9.17) is 0 Å². The predicted molar refractivity (Wildman–Crippen MR) is 82.5 cm³/mol. The Labute approximate surface area is 129 Å². The van der Waals surface area contributed by atoms with Gasteiger partial charge in [0, 0.05) is 17.7 Å². The van der Waals surface area contributed by atoms with E-state index in [1.54, 1.807) is 18.2 Å². The number of hydrogen-bond donors (Lipinski definition) is 1. The zero-order valence-corrected chi connectivity index (χ0v) is 12.9. The van der Waals surface area contributed by atoms with E-state index < -0.39 is 0 Å². The fraction of sp³-hybridized carbons (Fsp3) is 0.312. The number of rotatable bonds is 5. The molecule has 0 unspecified atom stereocenters. The number of aromatic nitrogens is 1. The molecule has 1 aromatic carbocycles. The lowest BCUT2D eigenvalue weighted by molar-refractivity contribution is -0.117. The summed E-state index contributed by atoms with van der Waals surface area (Å²) in [5.74, 6) is -0.162. The fourth-order valence-corrected chi connectivity index (χ4v) is 1.96. The molecule has 0 spiro atoms. The van der Waals surface area contributed by atoms with Crippen LogP contribution in [-0.4, -0.2) is 34.5 Å². The van der Waals surface area contributed by atoms with Gasteiger partial charge in [0.25, 0.3) is 5.91 Å². The van der Waals surface area contributed by atoms with Gasteiger partial charge in [-0.15, -0.1) is 0 Å². The second-order valence-corrected chi connectivity index (χ2v) is 5.33. The van der Waals surface area contributed by atoms with E-state index in [2.05, 4.69) is 15.0 Å². The van der Waals surface area contributed by atoms with Gasteiger partial charge in [0.1, 0.15) is 12.8 Å². The molecule has 0 radical (unpaired) electrons. The van der Waals surface area contributed by atoms with Gasteiger partial charge in [-0.25, -0.2) is 0 Å². The molecule has 1 N–H and O–H groups in total. The molecule has 6 nitrogen and oxygen atoms in total. The molecule has 1 aromatic heterocycles. The fourth-order valence-electron chi connectivity index (χ4n) is 1.96. The van der Waals surface area contributed by atoms with Gasteiger partial charge in [0.2, 0.25) is 5.91 Å². The van der Waals surface area contributed by atoms with Crippen molar-refractivity contribution >= 4 is 17.6 Å². The molecule has 0 aliphatic rings. The van der Waals surface area contributed by atoms with Crippen LogP contribution in [0.1, 0.15) is 29.8 Å². The van der Waals surface area contributed by atoms with Gasteiger partial charge < -0.3 is 14.7 Å². The molecule has 0 aliphatic carbocycles. The van der Waals surface area contributed by atoms with Gasteiger partial charge in [-0.3, -0.25) is 9.59 Å². The minimum Gasteiger partial charge on any atom is -0.363 e. The summed E-state index contributed by atoms with van der Waals surface area (Å²) in [4.78, 5) is 26.1. The van der Waals surface area contributed by atoms with Crippen LogP contribution in [-0.2, 0) is 4.79 Å². The predicted octanol–water partition coefficient (Wildman–Crippen LogP) is 2.47. The van der Waals surface area contributed by atoms with Crippen molar-refractivity contribution in [3.63, 3.8) is 0 Å². The van der Waals surface area contributed by atoms with Gasteiger partial charge in [-0.05, 0) is 32.9 Å². The Morgan fingerprint density at radius 2 is 1.91 bits per heavy atom. The third-order valence-corrected chi connectivity index (χ3v) is 3.20. The van der Waals surface area contributed by atoms with E-state index in [1.165, 1.54) is 11.2 Å². The second kappa shape index (κ2) is 6.89. The Balaban J connectivity index is 2.07. The number of hydrogen-bond acceptors (Lipinski definition) is 4. The highest BCUT2D eigenvalue weighted by molar-refractivity contribution is 5.99. The SMILES string of the molecule is Cc1ccc(C(=O)N(CC(=O)Nc2ccon2)C(C)C)cc1. The van der Waals surface area contributed by atoms with Crippen LogP contribution in [0.5, 0.6) is 0 Å². The maximum absolute atomic E-state index is 12.5. The normalized spacial score (nSPS) is 10.5. The number of anilines is 1. The summed E-state index contributed by atoms with van der Waals surface area (Å²) in [6.07, 6.45) is 1.37. The van der Waals surface area contributed by atoms with Crippen molar-refractivity contribution in [2.45, 2.75) is 26.8 Å². The lowest BCUT2D eigenvalue weighted by atomic mass is 10.1.